The van der Waals surface area contributed by atoms with E-state index in [0.717, 1.165) is 11.3 Å². The van der Waals surface area contributed by atoms with Crippen LogP contribution in [0, 0.1) is 0 Å². The van der Waals surface area contributed by atoms with Crippen LogP contribution in [0.4, 0.5) is 5.00 Å². The molecule has 0 bridgehead atoms. The number of esters is 1. The zero-order valence-electron chi connectivity index (χ0n) is 17.4. The molecular formula is C21H20Cl2N4O3S2. The summed E-state index contributed by atoms with van der Waals surface area (Å²) in [6.45, 7) is 6.19. The quantitative estimate of drug-likeness (QED) is 0.229. The highest BCUT2D eigenvalue weighted by molar-refractivity contribution is 7.99. The number of carbonyl (C=O) groups excluding carboxylic acids is 2. The number of ether oxygens (including phenoxy) is 1. The van der Waals surface area contributed by atoms with Gasteiger partial charge in [-0.05, 0) is 30.7 Å². The molecule has 11 heteroatoms. The molecule has 7 nitrogen and oxygen atoms in total. The Morgan fingerprint density at radius 1 is 1.31 bits per heavy atom. The van der Waals surface area contributed by atoms with Gasteiger partial charge in [-0.15, -0.1) is 28.1 Å². The van der Waals surface area contributed by atoms with Gasteiger partial charge in [0.15, 0.2) is 11.0 Å². The number of nitrogens with one attached hydrogen (secondary N) is 1. The number of methoxy groups -OCH3 is 1. The van der Waals surface area contributed by atoms with Crippen LogP contribution >= 0.6 is 46.3 Å². The fraction of sp³-hybridized carbons (Fsp3) is 0.238. The number of rotatable bonds is 9. The van der Waals surface area contributed by atoms with E-state index >= 15 is 0 Å². The normalized spacial score (nSPS) is 10.8. The third kappa shape index (κ3) is 5.53. The molecule has 0 aliphatic heterocycles. The Morgan fingerprint density at radius 3 is 2.75 bits per heavy atom. The lowest BCUT2D eigenvalue weighted by Crippen LogP contribution is -2.16. The summed E-state index contributed by atoms with van der Waals surface area (Å²) in [5, 5.41) is 13.2. The van der Waals surface area contributed by atoms with Crippen LogP contribution in [-0.2, 0) is 22.5 Å². The average molecular weight is 511 g/mol. The molecule has 1 N–H and O–H groups in total. The molecule has 0 atom stereocenters. The number of nitrogens with zero attached hydrogens (tertiary/aromatic N) is 3. The van der Waals surface area contributed by atoms with Crippen molar-refractivity contribution in [3.05, 3.63) is 57.4 Å². The van der Waals surface area contributed by atoms with Gasteiger partial charge in [0.2, 0.25) is 5.91 Å². The molecule has 0 aliphatic carbocycles. The van der Waals surface area contributed by atoms with Gasteiger partial charge in [0, 0.05) is 22.0 Å². The van der Waals surface area contributed by atoms with Gasteiger partial charge in [0.05, 0.1) is 23.4 Å². The topological polar surface area (TPSA) is 86.1 Å². The molecule has 2 heterocycles. The molecular weight excluding hydrogens is 491 g/mol. The van der Waals surface area contributed by atoms with Crippen molar-refractivity contribution in [1.29, 1.82) is 0 Å². The highest BCUT2D eigenvalue weighted by atomic mass is 35.5. The summed E-state index contributed by atoms with van der Waals surface area (Å²) < 4.78 is 6.63. The van der Waals surface area contributed by atoms with Crippen molar-refractivity contribution in [2.45, 2.75) is 25.0 Å². The number of aromatic nitrogens is 3. The highest BCUT2D eigenvalue weighted by Gasteiger charge is 2.20. The van der Waals surface area contributed by atoms with Gasteiger partial charge in [0.1, 0.15) is 5.00 Å². The van der Waals surface area contributed by atoms with Crippen LogP contribution in [0.1, 0.15) is 22.2 Å². The van der Waals surface area contributed by atoms with Crippen molar-refractivity contribution in [3.63, 3.8) is 0 Å². The molecule has 0 saturated heterocycles. The van der Waals surface area contributed by atoms with Gasteiger partial charge in [-0.25, -0.2) is 4.79 Å². The standard InChI is InChI=1S/C21H20Cl2N4O3S2/c1-4-8-27-18(14-7-6-12(22)9-16(14)23)25-26-21(27)31-11-17(28)24-19-15(20(29)30-3)10-13(5-2)32-19/h4,6-7,9-10H,1,5,8,11H2,2-3H3,(H,24,28). The minimum absolute atomic E-state index is 0.0730. The number of hydrogen-bond acceptors (Lipinski definition) is 7. The van der Waals surface area contributed by atoms with E-state index in [1.807, 2.05) is 11.5 Å². The Kier molecular flexibility index (Phi) is 8.36. The summed E-state index contributed by atoms with van der Waals surface area (Å²) in [6.07, 6.45) is 2.46. The molecule has 0 aliphatic rings. The van der Waals surface area contributed by atoms with Crippen LogP contribution in [0.25, 0.3) is 11.4 Å². The molecule has 3 rings (SSSR count). The molecule has 0 unspecified atom stereocenters. The number of amides is 1. The largest absolute Gasteiger partial charge is 0.465 e. The Hall–Kier alpha value is -2.33. The number of thiophene rings is 1. The van der Waals surface area contributed by atoms with E-state index in [4.69, 9.17) is 27.9 Å². The monoisotopic (exact) mass is 510 g/mol. The Bertz CT molecular complexity index is 1160. The van der Waals surface area contributed by atoms with E-state index in [9.17, 15) is 9.59 Å². The maximum atomic E-state index is 12.6. The number of benzene rings is 1. The number of carbonyl (C=O) groups is 2. The molecule has 3 aromatic rings. The average Bonchev–Trinajstić information content (AvgIpc) is 3.36. The SMILES string of the molecule is C=CCn1c(SCC(=O)Nc2sc(CC)cc2C(=O)OC)nnc1-c1ccc(Cl)cc1Cl. The van der Waals surface area contributed by atoms with Gasteiger partial charge < -0.3 is 10.1 Å². The molecule has 1 aromatic carbocycles. The number of aryl methyl sites for hydroxylation is 1. The maximum Gasteiger partial charge on any atom is 0.340 e. The summed E-state index contributed by atoms with van der Waals surface area (Å²) in [5.74, 6) is -0.139. The van der Waals surface area contributed by atoms with Crippen LogP contribution in [0.2, 0.25) is 10.0 Å². The molecule has 0 fully saturated rings. The van der Waals surface area contributed by atoms with Crippen molar-refractivity contribution >= 4 is 63.2 Å². The van der Waals surface area contributed by atoms with Crippen LogP contribution < -0.4 is 5.32 Å². The first-order valence-electron chi connectivity index (χ1n) is 9.51. The second-order valence-electron chi connectivity index (χ2n) is 6.47. The first-order chi connectivity index (χ1) is 15.4. The predicted molar refractivity (Wildman–Crippen MR) is 130 cm³/mol. The van der Waals surface area contributed by atoms with E-state index < -0.39 is 5.97 Å². The summed E-state index contributed by atoms with van der Waals surface area (Å²) in [7, 11) is 1.31. The first kappa shape index (κ1) is 24.3. The lowest BCUT2D eigenvalue weighted by molar-refractivity contribution is -0.113. The van der Waals surface area contributed by atoms with E-state index in [1.54, 1.807) is 30.3 Å². The van der Waals surface area contributed by atoms with Crippen LogP contribution in [0.5, 0.6) is 0 Å². The van der Waals surface area contributed by atoms with Crippen molar-refractivity contribution < 1.29 is 14.3 Å². The third-order valence-electron chi connectivity index (χ3n) is 4.32. The maximum absolute atomic E-state index is 12.6. The second-order valence-corrected chi connectivity index (χ2v) is 9.39. The molecule has 1 amide bonds. The van der Waals surface area contributed by atoms with Crippen LogP contribution in [0.3, 0.4) is 0 Å². The number of hydrogen-bond donors (Lipinski definition) is 1. The zero-order valence-corrected chi connectivity index (χ0v) is 20.5. The number of thioether (sulfide) groups is 1. The van der Waals surface area contributed by atoms with Crippen molar-refractivity contribution in [2.24, 2.45) is 0 Å². The van der Waals surface area contributed by atoms with Crippen molar-refractivity contribution in [1.82, 2.24) is 14.8 Å². The third-order valence-corrected chi connectivity index (χ3v) is 7.03. The molecule has 2 aromatic heterocycles. The van der Waals surface area contributed by atoms with Crippen molar-refractivity contribution in [2.75, 3.05) is 18.2 Å². The first-order valence-corrected chi connectivity index (χ1v) is 12.1. The Morgan fingerprint density at radius 2 is 2.09 bits per heavy atom. The predicted octanol–water partition coefficient (Wildman–Crippen LogP) is 5.58. The zero-order chi connectivity index (χ0) is 23.3. The van der Waals surface area contributed by atoms with Gasteiger partial charge >= 0.3 is 5.97 Å². The summed E-state index contributed by atoms with van der Waals surface area (Å²) in [5.41, 5.74) is 1.03. The summed E-state index contributed by atoms with van der Waals surface area (Å²) in [6, 6.07) is 6.87. The van der Waals surface area contributed by atoms with Crippen LogP contribution in [0.15, 0.2) is 42.1 Å². The Balaban J connectivity index is 1.77. The van der Waals surface area contributed by atoms with Gasteiger partial charge in [-0.3, -0.25) is 9.36 Å². The summed E-state index contributed by atoms with van der Waals surface area (Å²) in [4.78, 5) is 25.6. The number of allylic oxidation sites excluding steroid dienone is 1. The number of anilines is 1. The highest BCUT2D eigenvalue weighted by Crippen LogP contribution is 2.32. The molecule has 32 heavy (non-hydrogen) atoms. The fourth-order valence-corrected chi connectivity index (χ4v) is 5.06. The summed E-state index contributed by atoms with van der Waals surface area (Å²) >= 11 is 14.9. The fourth-order valence-electron chi connectivity index (χ4n) is 2.82. The molecule has 0 radical (unpaired) electrons. The second kappa shape index (κ2) is 11.0. The lowest BCUT2D eigenvalue weighted by Gasteiger charge is -2.09. The van der Waals surface area contributed by atoms with Gasteiger partial charge in [-0.1, -0.05) is 48.0 Å². The number of halogens is 2. The van der Waals surface area contributed by atoms with E-state index in [2.05, 4.69) is 22.1 Å². The van der Waals surface area contributed by atoms with E-state index in [1.165, 1.54) is 30.2 Å². The van der Waals surface area contributed by atoms with Crippen molar-refractivity contribution in [3.8, 4) is 11.4 Å². The van der Waals surface area contributed by atoms with Crippen LogP contribution in [-0.4, -0.2) is 39.5 Å². The minimum Gasteiger partial charge on any atom is -0.465 e. The smallest absolute Gasteiger partial charge is 0.340 e. The minimum atomic E-state index is -0.487. The lowest BCUT2D eigenvalue weighted by atomic mass is 10.2. The van der Waals surface area contributed by atoms with Gasteiger partial charge in [0.25, 0.3) is 0 Å². The molecule has 0 saturated carbocycles. The van der Waals surface area contributed by atoms with Gasteiger partial charge in [-0.2, -0.15) is 0 Å². The Labute approximate surface area is 203 Å². The molecule has 168 valence electrons. The molecule has 0 spiro atoms. The van der Waals surface area contributed by atoms with E-state index in [0.29, 0.717) is 43.7 Å². The van der Waals surface area contributed by atoms with E-state index in [-0.39, 0.29) is 11.7 Å².